The molecule has 0 bridgehead atoms. The van der Waals surface area contributed by atoms with Gasteiger partial charge in [-0.05, 0) is 25.5 Å². The lowest BCUT2D eigenvalue weighted by atomic mass is 10.4. The molecule has 16 heavy (non-hydrogen) atoms. The summed E-state index contributed by atoms with van der Waals surface area (Å²) in [4.78, 5) is 0. The Morgan fingerprint density at radius 2 is 2.12 bits per heavy atom. The lowest BCUT2D eigenvalue weighted by molar-refractivity contribution is 0.566. The van der Waals surface area contributed by atoms with Gasteiger partial charge in [-0.3, -0.25) is 0 Å². The highest BCUT2D eigenvalue weighted by Gasteiger charge is 2.21. The van der Waals surface area contributed by atoms with Gasteiger partial charge in [0.25, 0.3) is 0 Å². The van der Waals surface area contributed by atoms with E-state index in [0.29, 0.717) is 12.6 Å². The van der Waals surface area contributed by atoms with Crippen LogP contribution in [0.25, 0.3) is 0 Å². The zero-order valence-electron chi connectivity index (χ0n) is 10.0. The molecule has 1 unspecified atom stereocenters. The van der Waals surface area contributed by atoms with Crippen LogP contribution in [0.1, 0.15) is 26.7 Å². The SMILES string of the molecule is CCSCC(C)NS(=O)(=O)CCNC1CC1. The van der Waals surface area contributed by atoms with Gasteiger partial charge in [-0.25, -0.2) is 13.1 Å². The minimum atomic E-state index is -3.10. The highest BCUT2D eigenvalue weighted by Crippen LogP contribution is 2.18. The Morgan fingerprint density at radius 3 is 2.69 bits per heavy atom. The van der Waals surface area contributed by atoms with Crippen molar-refractivity contribution in [3.8, 4) is 0 Å². The van der Waals surface area contributed by atoms with E-state index in [1.807, 2.05) is 6.92 Å². The van der Waals surface area contributed by atoms with E-state index in [2.05, 4.69) is 17.0 Å². The van der Waals surface area contributed by atoms with Crippen LogP contribution in [0, 0.1) is 0 Å². The Morgan fingerprint density at radius 1 is 1.44 bits per heavy atom. The first-order valence-corrected chi connectivity index (χ1v) is 8.65. The Balaban J connectivity index is 2.15. The van der Waals surface area contributed by atoms with Crippen LogP contribution in [0.15, 0.2) is 0 Å². The van der Waals surface area contributed by atoms with Crippen molar-refractivity contribution >= 4 is 21.8 Å². The van der Waals surface area contributed by atoms with Gasteiger partial charge in [0.1, 0.15) is 0 Å². The number of hydrogen-bond donors (Lipinski definition) is 2. The van der Waals surface area contributed by atoms with E-state index in [1.54, 1.807) is 11.8 Å². The van der Waals surface area contributed by atoms with Crippen molar-refractivity contribution in [1.82, 2.24) is 10.0 Å². The molecule has 0 spiro atoms. The minimum absolute atomic E-state index is 0.0240. The lowest BCUT2D eigenvalue weighted by Crippen LogP contribution is -2.38. The summed E-state index contributed by atoms with van der Waals surface area (Å²) in [5.41, 5.74) is 0. The summed E-state index contributed by atoms with van der Waals surface area (Å²) in [5, 5.41) is 3.20. The van der Waals surface area contributed by atoms with E-state index in [4.69, 9.17) is 0 Å². The molecule has 0 radical (unpaired) electrons. The molecule has 1 aliphatic rings. The highest BCUT2D eigenvalue weighted by atomic mass is 32.2. The monoisotopic (exact) mass is 266 g/mol. The van der Waals surface area contributed by atoms with Crippen LogP contribution in [0.2, 0.25) is 0 Å². The van der Waals surface area contributed by atoms with Crippen molar-refractivity contribution < 1.29 is 8.42 Å². The summed E-state index contributed by atoms with van der Waals surface area (Å²) in [6.07, 6.45) is 2.38. The molecule has 0 aromatic carbocycles. The first-order chi connectivity index (χ1) is 7.53. The summed E-state index contributed by atoms with van der Waals surface area (Å²) in [5.74, 6) is 2.05. The molecule has 0 aromatic rings. The van der Waals surface area contributed by atoms with Gasteiger partial charge in [-0.1, -0.05) is 6.92 Å². The predicted molar refractivity (Wildman–Crippen MR) is 70.4 cm³/mol. The molecule has 0 amide bonds. The molecule has 1 aliphatic carbocycles. The molecule has 4 nitrogen and oxygen atoms in total. The predicted octanol–water partition coefficient (Wildman–Crippen LogP) is 0.799. The molecule has 0 aliphatic heterocycles. The second-order valence-electron chi connectivity index (χ2n) is 4.23. The van der Waals surface area contributed by atoms with Crippen LogP contribution in [0.4, 0.5) is 0 Å². The molecular formula is C10H22N2O2S2. The third kappa shape index (κ3) is 6.73. The number of sulfonamides is 1. The lowest BCUT2D eigenvalue weighted by Gasteiger charge is -2.13. The Kier molecular flexibility index (Phi) is 6.10. The normalized spacial score (nSPS) is 18.6. The average Bonchev–Trinajstić information content (AvgIpc) is 2.97. The molecule has 0 heterocycles. The fourth-order valence-corrected chi connectivity index (χ4v) is 3.36. The molecule has 2 N–H and O–H groups in total. The van der Waals surface area contributed by atoms with Gasteiger partial charge < -0.3 is 5.32 Å². The zero-order valence-corrected chi connectivity index (χ0v) is 11.7. The average molecular weight is 266 g/mol. The van der Waals surface area contributed by atoms with Crippen molar-refractivity contribution in [3.05, 3.63) is 0 Å². The molecule has 1 rings (SSSR count). The maximum absolute atomic E-state index is 11.6. The third-order valence-electron chi connectivity index (χ3n) is 2.33. The van der Waals surface area contributed by atoms with E-state index in [-0.39, 0.29) is 11.8 Å². The summed E-state index contributed by atoms with van der Waals surface area (Å²) in [6, 6.07) is 0.596. The van der Waals surface area contributed by atoms with Gasteiger partial charge in [0.2, 0.25) is 10.0 Å². The van der Waals surface area contributed by atoms with E-state index in [1.165, 1.54) is 12.8 Å². The van der Waals surface area contributed by atoms with Gasteiger partial charge in [0.15, 0.2) is 0 Å². The van der Waals surface area contributed by atoms with Crippen molar-refractivity contribution in [2.45, 2.75) is 38.8 Å². The van der Waals surface area contributed by atoms with Gasteiger partial charge in [0, 0.05) is 24.4 Å². The molecule has 6 heteroatoms. The molecule has 1 fully saturated rings. The summed E-state index contributed by atoms with van der Waals surface area (Å²) in [7, 11) is -3.10. The van der Waals surface area contributed by atoms with Crippen LogP contribution in [-0.2, 0) is 10.0 Å². The van der Waals surface area contributed by atoms with Gasteiger partial charge in [0.05, 0.1) is 5.75 Å². The standard InChI is InChI=1S/C10H22N2O2S2/c1-3-15-8-9(2)12-16(13,14)7-6-11-10-4-5-10/h9-12H,3-8H2,1-2H3. The second kappa shape index (κ2) is 6.83. The molecule has 0 saturated heterocycles. The van der Waals surface area contributed by atoms with Gasteiger partial charge in [-0.15, -0.1) is 0 Å². The molecule has 96 valence electrons. The fraction of sp³-hybridized carbons (Fsp3) is 1.00. The Hall–Kier alpha value is 0.220. The smallest absolute Gasteiger partial charge is 0.213 e. The minimum Gasteiger partial charge on any atom is -0.313 e. The van der Waals surface area contributed by atoms with Crippen molar-refractivity contribution in [2.24, 2.45) is 0 Å². The van der Waals surface area contributed by atoms with E-state index in [9.17, 15) is 8.42 Å². The number of hydrogen-bond acceptors (Lipinski definition) is 4. The fourth-order valence-electron chi connectivity index (χ4n) is 1.38. The van der Waals surface area contributed by atoms with E-state index >= 15 is 0 Å². The van der Waals surface area contributed by atoms with Crippen LogP contribution in [0.5, 0.6) is 0 Å². The second-order valence-corrected chi connectivity index (χ2v) is 7.42. The van der Waals surface area contributed by atoms with Crippen molar-refractivity contribution in [3.63, 3.8) is 0 Å². The van der Waals surface area contributed by atoms with Gasteiger partial charge in [-0.2, -0.15) is 11.8 Å². The summed E-state index contributed by atoms with van der Waals surface area (Å²) < 4.78 is 26.0. The quantitative estimate of drug-likeness (QED) is 0.648. The van der Waals surface area contributed by atoms with Crippen LogP contribution in [0.3, 0.4) is 0 Å². The zero-order chi connectivity index (χ0) is 12.0. The van der Waals surface area contributed by atoms with Crippen molar-refractivity contribution in [2.75, 3.05) is 23.8 Å². The largest absolute Gasteiger partial charge is 0.313 e. The third-order valence-corrected chi connectivity index (χ3v) is 4.98. The maximum Gasteiger partial charge on any atom is 0.213 e. The van der Waals surface area contributed by atoms with Crippen LogP contribution >= 0.6 is 11.8 Å². The van der Waals surface area contributed by atoms with E-state index in [0.717, 1.165) is 11.5 Å². The van der Waals surface area contributed by atoms with Crippen molar-refractivity contribution in [1.29, 1.82) is 0 Å². The Labute approximate surface area is 103 Å². The van der Waals surface area contributed by atoms with Gasteiger partial charge >= 0.3 is 0 Å². The summed E-state index contributed by atoms with van der Waals surface area (Å²) >= 11 is 1.75. The molecule has 1 atom stereocenters. The van der Waals surface area contributed by atoms with Crippen LogP contribution in [-0.4, -0.2) is 44.3 Å². The summed E-state index contributed by atoms with van der Waals surface area (Å²) in [6.45, 7) is 4.55. The first-order valence-electron chi connectivity index (χ1n) is 5.84. The van der Waals surface area contributed by atoms with Crippen LogP contribution < -0.4 is 10.0 Å². The highest BCUT2D eigenvalue weighted by molar-refractivity contribution is 7.99. The topological polar surface area (TPSA) is 58.2 Å². The molecule has 0 aromatic heterocycles. The number of rotatable bonds is 9. The van der Waals surface area contributed by atoms with E-state index < -0.39 is 10.0 Å². The number of nitrogens with one attached hydrogen (secondary N) is 2. The Bertz CT molecular complexity index is 289. The molecule has 1 saturated carbocycles. The maximum atomic E-state index is 11.6. The first kappa shape index (κ1) is 14.3. The number of thioether (sulfide) groups is 1. The molecular weight excluding hydrogens is 244 g/mol.